The zero-order valence-electron chi connectivity index (χ0n) is 15.6. The van der Waals surface area contributed by atoms with Crippen LogP contribution in [0.5, 0.6) is 0 Å². The van der Waals surface area contributed by atoms with E-state index in [0.29, 0.717) is 12.2 Å². The van der Waals surface area contributed by atoms with Gasteiger partial charge in [0.2, 0.25) is 5.91 Å². The van der Waals surface area contributed by atoms with E-state index in [0.717, 1.165) is 17.5 Å². The Hall–Kier alpha value is -2.92. The van der Waals surface area contributed by atoms with Crippen LogP contribution in [-0.4, -0.2) is 29.4 Å². The van der Waals surface area contributed by atoms with Gasteiger partial charge >= 0.3 is 0 Å². The molecule has 1 aliphatic rings. The molecule has 5 heteroatoms. The summed E-state index contributed by atoms with van der Waals surface area (Å²) in [6.07, 6.45) is 3.03. The van der Waals surface area contributed by atoms with Crippen LogP contribution in [0.3, 0.4) is 0 Å². The third kappa shape index (κ3) is 3.26. The number of carbonyl (C=O) groups is 2. The normalized spacial score (nSPS) is 17.3. The summed E-state index contributed by atoms with van der Waals surface area (Å²) in [7, 11) is 0. The zero-order chi connectivity index (χ0) is 19.0. The van der Waals surface area contributed by atoms with Crippen LogP contribution in [0.4, 0.5) is 5.69 Å². The maximum atomic E-state index is 12.8. The van der Waals surface area contributed by atoms with Gasteiger partial charge in [-0.1, -0.05) is 29.8 Å². The van der Waals surface area contributed by atoms with E-state index in [2.05, 4.69) is 35.4 Å². The molecule has 1 atom stereocenters. The number of aryl methyl sites for hydroxylation is 2. The van der Waals surface area contributed by atoms with Gasteiger partial charge in [-0.25, -0.2) is 4.90 Å². The molecule has 3 aromatic rings. The second-order valence-corrected chi connectivity index (χ2v) is 7.18. The molecule has 1 fully saturated rings. The number of hydrogen-bond acceptors (Lipinski definition) is 3. The molecule has 2 heterocycles. The minimum atomic E-state index is -0.455. The molecule has 2 N–H and O–H groups in total. The molecule has 0 radical (unpaired) electrons. The van der Waals surface area contributed by atoms with Gasteiger partial charge in [0.1, 0.15) is 0 Å². The number of H-pyrrole nitrogens is 1. The SMILES string of the molecule is Cc1ccc2[nH]cc(CCN[C@H]3CC(=O)N(c4ccccc4C)C3=O)c2c1. The number of amides is 2. The molecule has 0 unspecified atom stereocenters. The van der Waals surface area contributed by atoms with Crippen molar-refractivity contribution in [1.29, 1.82) is 0 Å². The first kappa shape index (κ1) is 17.5. The largest absolute Gasteiger partial charge is 0.361 e. The highest BCUT2D eigenvalue weighted by Gasteiger charge is 2.39. The molecule has 0 spiro atoms. The molecule has 0 aliphatic carbocycles. The molecule has 4 rings (SSSR count). The van der Waals surface area contributed by atoms with E-state index in [-0.39, 0.29) is 18.2 Å². The fourth-order valence-electron chi connectivity index (χ4n) is 3.74. The van der Waals surface area contributed by atoms with E-state index >= 15 is 0 Å². The smallest absolute Gasteiger partial charge is 0.251 e. The van der Waals surface area contributed by atoms with Crippen molar-refractivity contribution < 1.29 is 9.59 Å². The molecule has 2 amide bonds. The second kappa shape index (κ2) is 7.00. The number of hydrogen-bond donors (Lipinski definition) is 2. The van der Waals surface area contributed by atoms with E-state index in [1.807, 2.05) is 37.4 Å². The Morgan fingerprint density at radius 2 is 1.96 bits per heavy atom. The van der Waals surface area contributed by atoms with Crippen molar-refractivity contribution in [3.8, 4) is 0 Å². The van der Waals surface area contributed by atoms with E-state index in [1.54, 1.807) is 0 Å². The maximum absolute atomic E-state index is 12.8. The minimum absolute atomic E-state index is 0.144. The Kier molecular flexibility index (Phi) is 4.54. The minimum Gasteiger partial charge on any atom is -0.361 e. The van der Waals surface area contributed by atoms with Crippen molar-refractivity contribution in [3.05, 3.63) is 65.4 Å². The van der Waals surface area contributed by atoms with Crippen molar-refractivity contribution in [3.63, 3.8) is 0 Å². The topological polar surface area (TPSA) is 65.2 Å². The van der Waals surface area contributed by atoms with E-state index in [9.17, 15) is 9.59 Å². The van der Waals surface area contributed by atoms with Gasteiger partial charge in [-0.05, 0) is 49.6 Å². The van der Waals surface area contributed by atoms with Crippen molar-refractivity contribution in [1.82, 2.24) is 10.3 Å². The van der Waals surface area contributed by atoms with Crippen LogP contribution in [0, 0.1) is 13.8 Å². The molecular formula is C22H23N3O2. The predicted octanol–water partition coefficient (Wildman–Crippen LogP) is 3.25. The Bertz CT molecular complexity index is 1020. The Balaban J connectivity index is 1.43. The van der Waals surface area contributed by atoms with Crippen LogP contribution in [0.1, 0.15) is 23.1 Å². The number of fused-ring (bicyclic) bond motifs is 1. The molecule has 1 aromatic heterocycles. The third-order valence-corrected chi connectivity index (χ3v) is 5.21. The number of nitrogens with zero attached hydrogens (tertiary/aromatic N) is 1. The first-order valence-corrected chi connectivity index (χ1v) is 9.27. The number of carbonyl (C=O) groups excluding carboxylic acids is 2. The van der Waals surface area contributed by atoms with Crippen molar-refractivity contribution in [2.24, 2.45) is 0 Å². The van der Waals surface area contributed by atoms with Gasteiger partial charge in [-0.15, -0.1) is 0 Å². The van der Waals surface area contributed by atoms with E-state index in [1.165, 1.54) is 21.4 Å². The fraction of sp³-hybridized carbons (Fsp3) is 0.273. The highest BCUT2D eigenvalue weighted by molar-refractivity contribution is 6.22. The summed E-state index contributed by atoms with van der Waals surface area (Å²) >= 11 is 0. The highest BCUT2D eigenvalue weighted by atomic mass is 16.2. The van der Waals surface area contributed by atoms with E-state index < -0.39 is 6.04 Å². The number of aromatic amines is 1. The fourth-order valence-corrected chi connectivity index (χ4v) is 3.74. The number of para-hydroxylation sites is 1. The Morgan fingerprint density at radius 3 is 2.78 bits per heavy atom. The quantitative estimate of drug-likeness (QED) is 0.686. The summed E-state index contributed by atoms with van der Waals surface area (Å²) in [5.74, 6) is -0.307. The lowest BCUT2D eigenvalue weighted by atomic mass is 10.1. The van der Waals surface area contributed by atoms with Gasteiger partial charge in [0.05, 0.1) is 18.2 Å². The van der Waals surface area contributed by atoms with Crippen LogP contribution >= 0.6 is 0 Å². The molecule has 5 nitrogen and oxygen atoms in total. The number of anilines is 1. The van der Waals surface area contributed by atoms with Crippen LogP contribution in [0.2, 0.25) is 0 Å². The monoisotopic (exact) mass is 361 g/mol. The van der Waals surface area contributed by atoms with Gasteiger partial charge in [-0.3, -0.25) is 9.59 Å². The van der Waals surface area contributed by atoms with Crippen LogP contribution in [-0.2, 0) is 16.0 Å². The van der Waals surface area contributed by atoms with E-state index in [4.69, 9.17) is 0 Å². The number of benzene rings is 2. The first-order valence-electron chi connectivity index (χ1n) is 9.27. The van der Waals surface area contributed by atoms with Gasteiger partial charge in [0.15, 0.2) is 0 Å². The lowest BCUT2D eigenvalue weighted by Gasteiger charge is -2.17. The molecule has 27 heavy (non-hydrogen) atoms. The van der Waals surface area contributed by atoms with Crippen LogP contribution < -0.4 is 10.2 Å². The van der Waals surface area contributed by atoms with Crippen molar-refractivity contribution in [2.45, 2.75) is 32.7 Å². The predicted molar refractivity (Wildman–Crippen MR) is 107 cm³/mol. The summed E-state index contributed by atoms with van der Waals surface area (Å²) in [6.45, 7) is 4.64. The molecule has 1 aliphatic heterocycles. The molecule has 2 aromatic carbocycles. The molecule has 0 saturated carbocycles. The summed E-state index contributed by atoms with van der Waals surface area (Å²) in [5, 5.41) is 4.49. The Labute approximate surface area is 158 Å². The van der Waals surface area contributed by atoms with Gasteiger partial charge in [-0.2, -0.15) is 0 Å². The number of imide groups is 1. The Morgan fingerprint density at radius 1 is 1.15 bits per heavy atom. The lowest BCUT2D eigenvalue weighted by Crippen LogP contribution is -2.39. The summed E-state index contributed by atoms with van der Waals surface area (Å²) in [5.41, 5.74) is 5.17. The molecular weight excluding hydrogens is 338 g/mol. The highest BCUT2D eigenvalue weighted by Crippen LogP contribution is 2.26. The average molecular weight is 361 g/mol. The second-order valence-electron chi connectivity index (χ2n) is 7.18. The third-order valence-electron chi connectivity index (χ3n) is 5.21. The molecule has 1 saturated heterocycles. The van der Waals surface area contributed by atoms with Crippen LogP contribution in [0.15, 0.2) is 48.7 Å². The summed E-state index contributed by atoms with van der Waals surface area (Å²) in [4.78, 5) is 29.8. The maximum Gasteiger partial charge on any atom is 0.251 e. The number of nitrogens with one attached hydrogen (secondary N) is 2. The summed E-state index contributed by atoms with van der Waals surface area (Å²) < 4.78 is 0. The molecule has 0 bridgehead atoms. The summed E-state index contributed by atoms with van der Waals surface area (Å²) in [6, 6.07) is 13.4. The molecule has 138 valence electrons. The van der Waals surface area contributed by atoms with Crippen LogP contribution in [0.25, 0.3) is 10.9 Å². The first-order chi connectivity index (χ1) is 13.0. The van der Waals surface area contributed by atoms with Gasteiger partial charge in [0.25, 0.3) is 5.91 Å². The number of aromatic nitrogens is 1. The standard InChI is InChI=1S/C22H23N3O2/c1-14-7-8-18-17(11-14)16(13-24-18)9-10-23-19-12-21(26)25(22(19)27)20-6-4-3-5-15(20)2/h3-8,11,13,19,23-24H,9-10,12H2,1-2H3/t19-/m0/s1. The van der Waals surface area contributed by atoms with Crippen molar-refractivity contribution in [2.75, 3.05) is 11.4 Å². The number of rotatable bonds is 5. The zero-order valence-corrected chi connectivity index (χ0v) is 15.6. The lowest BCUT2D eigenvalue weighted by molar-refractivity contribution is -0.121. The van der Waals surface area contributed by atoms with Gasteiger partial charge in [0, 0.05) is 23.6 Å². The average Bonchev–Trinajstić information content (AvgIpc) is 3.16. The van der Waals surface area contributed by atoms with Gasteiger partial charge < -0.3 is 10.3 Å². The van der Waals surface area contributed by atoms with Crippen molar-refractivity contribution >= 4 is 28.4 Å².